The van der Waals surface area contributed by atoms with Gasteiger partial charge in [-0.3, -0.25) is 0 Å². The molecule has 0 aliphatic carbocycles. The molecule has 1 aliphatic heterocycles. The second kappa shape index (κ2) is 5.75. The maximum Gasteiger partial charge on any atom is 0.231 e. The Morgan fingerprint density at radius 3 is 2.70 bits per heavy atom. The van der Waals surface area contributed by atoms with E-state index in [0.29, 0.717) is 17.7 Å². The lowest BCUT2D eigenvalue weighted by Crippen LogP contribution is -2.28. The summed E-state index contributed by atoms with van der Waals surface area (Å²) in [5.41, 5.74) is 2.35. The standard InChI is InChI=1S/C16H21N3O/c1-11(2)12-5-7-13(8-6-12)15-18-16(20-19-15)14-4-3-9-17-10-14/h5-8,11,14,17H,3-4,9-10H2,1-2H3/t14-/m1/s1. The number of hydrogen-bond donors (Lipinski definition) is 1. The van der Waals surface area contributed by atoms with Crippen LogP contribution in [0.3, 0.4) is 0 Å². The highest BCUT2D eigenvalue weighted by Crippen LogP contribution is 2.25. The molecule has 1 fully saturated rings. The molecule has 3 rings (SSSR count). The Kier molecular flexibility index (Phi) is 3.83. The Morgan fingerprint density at radius 1 is 1.25 bits per heavy atom. The highest BCUT2D eigenvalue weighted by molar-refractivity contribution is 5.54. The second-order valence-corrected chi connectivity index (χ2v) is 5.78. The van der Waals surface area contributed by atoms with Crippen molar-refractivity contribution < 1.29 is 4.52 Å². The topological polar surface area (TPSA) is 51.0 Å². The molecule has 20 heavy (non-hydrogen) atoms. The summed E-state index contributed by atoms with van der Waals surface area (Å²) >= 11 is 0. The zero-order chi connectivity index (χ0) is 13.9. The molecule has 1 atom stereocenters. The van der Waals surface area contributed by atoms with Crippen molar-refractivity contribution in [2.75, 3.05) is 13.1 Å². The predicted molar refractivity (Wildman–Crippen MR) is 78.7 cm³/mol. The zero-order valence-electron chi connectivity index (χ0n) is 12.1. The van der Waals surface area contributed by atoms with E-state index in [4.69, 9.17) is 4.52 Å². The third-order valence-corrected chi connectivity index (χ3v) is 3.92. The van der Waals surface area contributed by atoms with Gasteiger partial charge in [-0.25, -0.2) is 0 Å². The van der Waals surface area contributed by atoms with Gasteiger partial charge in [-0.1, -0.05) is 43.3 Å². The second-order valence-electron chi connectivity index (χ2n) is 5.78. The predicted octanol–water partition coefficient (Wildman–Crippen LogP) is 3.33. The van der Waals surface area contributed by atoms with E-state index in [2.05, 4.69) is 53.6 Å². The van der Waals surface area contributed by atoms with Crippen molar-refractivity contribution in [3.05, 3.63) is 35.7 Å². The van der Waals surface area contributed by atoms with Crippen molar-refractivity contribution in [3.63, 3.8) is 0 Å². The summed E-state index contributed by atoms with van der Waals surface area (Å²) in [6.07, 6.45) is 2.30. The van der Waals surface area contributed by atoms with Crippen molar-refractivity contribution in [1.82, 2.24) is 15.5 Å². The average Bonchev–Trinajstić information content (AvgIpc) is 2.98. The van der Waals surface area contributed by atoms with Crippen LogP contribution in [0, 0.1) is 0 Å². The number of nitrogens with one attached hydrogen (secondary N) is 1. The highest BCUT2D eigenvalue weighted by atomic mass is 16.5. The monoisotopic (exact) mass is 271 g/mol. The minimum Gasteiger partial charge on any atom is -0.339 e. The van der Waals surface area contributed by atoms with Gasteiger partial charge in [0.25, 0.3) is 0 Å². The van der Waals surface area contributed by atoms with Gasteiger partial charge in [0.2, 0.25) is 11.7 Å². The summed E-state index contributed by atoms with van der Waals surface area (Å²) in [7, 11) is 0. The summed E-state index contributed by atoms with van der Waals surface area (Å²) in [5, 5.41) is 7.50. The van der Waals surface area contributed by atoms with E-state index in [1.165, 1.54) is 12.0 Å². The first kappa shape index (κ1) is 13.3. The first-order valence-corrected chi connectivity index (χ1v) is 7.38. The largest absolute Gasteiger partial charge is 0.339 e. The van der Waals surface area contributed by atoms with Gasteiger partial charge in [-0.05, 0) is 30.9 Å². The number of aromatic nitrogens is 2. The Bertz CT molecular complexity index is 553. The average molecular weight is 271 g/mol. The van der Waals surface area contributed by atoms with E-state index >= 15 is 0 Å². The fraction of sp³-hybridized carbons (Fsp3) is 0.500. The van der Waals surface area contributed by atoms with Crippen LogP contribution in [0.1, 0.15) is 50.0 Å². The Morgan fingerprint density at radius 2 is 2.05 bits per heavy atom. The minimum atomic E-state index is 0.361. The molecule has 106 valence electrons. The maximum absolute atomic E-state index is 5.44. The molecule has 1 aromatic heterocycles. The van der Waals surface area contributed by atoms with Crippen LogP contribution in [0.4, 0.5) is 0 Å². The van der Waals surface area contributed by atoms with Crippen LogP contribution < -0.4 is 5.32 Å². The van der Waals surface area contributed by atoms with Crippen LogP contribution in [-0.2, 0) is 0 Å². The van der Waals surface area contributed by atoms with Crippen LogP contribution >= 0.6 is 0 Å². The van der Waals surface area contributed by atoms with Gasteiger partial charge in [0, 0.05) is 12.1 Å². The fourth-order valence-electron chi connectivity index (χ4n) is 2.60. The van der Waals surface area contributed by atoms with E-state index in [1.807, 2.05) is 0 Å². The normalized spacial score (nSPS) is 19.4. The van der Waals surface area contributed by atoms with Crippen molar-refractivity contribution in [1.29, 1.82) is 0 Å². The third-order valence-electron chi connectivity index (χ3n) is 3.92. The van der Waals surface area contributed by atoms with Gasteiger partial charge in [0.1, 0.15) is 0 Å². The van der Waals surface area contributed by atoms with Crippen LogP contribution in [0.2, 0.25) is 0 Å². The van der Waals surface area contributed by atoms with Gasteiger partial charge in [0.05, 0.1) is 5.92 Å². The number of rotatable bonds is 3. The molecule has 1 N–H and O–H groups in total. The molecule has 1 aliphatic rings. The molecule has 0 spiro atoms. The lowest BCUT2D eigenvalue weighted by Gasteiger charge is -2.18. The summed E-state index contributed by atoms with van der Waals surface area (Å²) in [6.45, 7) is 6.41. The Labute approximate surface area is 119 Å². The molecule has 1 saturated heterocycles. The van der Waals surface area contributed by atoms with Crippen LogP contribution in [0.25, 0.3) is 11.4 Å². The molecule has 0 bridgehead atoms. The minimum absolute atomic E-state index is 0.361. The molecule has 0 unspecified atom stereocenters. The molecule has 2 heterocycles. The number of hydrogen-bond acceptors (Lipinski definition) is 4. The first-order chi connectivity index (χ1) is 9.74. The summed E-state index contributed by atoms with van der Waals surface area (Å²) in [5.74, 6) is 2.36. The van der Waals surface area contributed by atoms with Crippen molar-refractivity contribution in [2.24, 2.45) is 0 Å². The van der Waals surface area contributed by atoms with Crippen LogP contribution in [0.15, 0.2) is 28.8 Å². The van der Waals surface area contributed by atoms with E-state index in [0.717, 1.165) is 31.0 Å². The summed E-state index contributed by atoms with van der Waals surface area (Å²) < 4.78 is 5.44. The number of piperidine rings is 1. The van der Waals surface area contributed by atoms with Crippen molar-refractivity contribution in [2.45, 2.75) is 38.5 Å². The van der Waals surface area contributed by atoms with Gasteiger partial charge in [-0.15, -0.1) is 0 Å². The molecule has 1 aromatic carbocycles. The first-order valence-electron chi connectivity index (χ1n) is 7.38. The molecule has 0 radical (unpaired) electrons. The quantitative estimate of drug-likeness (QED) is 0.930. The smallest absolute Gasteiger partial charge is 0.231 e. The lowest BCUT2D eigenvalue weighted by molar-refractivity contribution is 0.322. The molecular weight excluding hydrogens is 250 g/mol. The lowest BCUT2D eigenvalue weighted by atomic mass is 10.00. The molecule has 2 aromatic rings. The van der Waals surface area contributed by atoms with Gasteiger partial charge >= 0.3 is 0 Å². The Balaban J connectivity index is 1.78. The van der Waals surface area contributed by atoms with E-state index in [-0.39, 0.29) is 0 Å². The highest BCUT2D eigenvalue weighted by Gasteiger charge is 2.21. The Hall–Kier alpha value is -1.68. The molecular formula is C16H21N3O. The summed E-state index contributed by atoms with van der Waals surface area (Å²) in [6, 6.07) is 8.42. The van der Waals surface area contributed by atoms with Gasteiger partial charge < -0.3 is 9.84 Å². The molecule has 0 amide bonds. The van der Waals surface area contributed by atoms with E-state index in [9.17, 15) is 0 Å². The SMILES string of the molecule is CC(C)c1ccc(-c2noc([C@@H]3CCCNC3)n2)cc1. The van der Waals surface area contributed by atoms with Crippen LogP contribution in [-0.4, -0.2) is 23.2 Å². The van der Waals surface area contributed by atoms with E-state index in [1.54, 1.807) is 0 Å². The van der Waals surface area contributed by atoms with Crippen LogP contribution in [0.5, 0.6) is 0 Å². The number of nitrogens with zero attached hydrogens (tertiary/aromatic N) is 2. The molecule has 4 nitrogen and oxygen atoms in total. The van der Waals surface area contributed by atoms with E-state index < -0.39 is 0 Å². The van der Waals surface area contributed by atoms with Crippen molar-refractivity contribution in [3.8, 4) is 11.4 Å². The molecule has 0 saturated carbocycles. The van der Waals surface area contributed by atoms with Crippen molar-refractivity contribution >= 4 is 0 Å². The van der Waals surface area contributed by atoms with Gasteiger partial charge in [-0.2, -0.15) is 4.98 Å². The summed E-state index contributed by atoms with van der Waals surface area (Å²) in [4.78, 5) is 4.56. The zero-order valence-corrected chi connectivity index (χ0v) is 12.1. The fourth-order valence-corrected chi connectivity index (χ4v) is 2.60. The third kappa shape index (κ3) is 2.75. The van der Waals surface area contributed by atoms with Gasteiger partial charge in [0.15, 0.2) is 0 Å². The maximum atomic E-state index is 5.44. The molecule has 4 heteroatoms. The number of benzene rings is 1.